The molecular weight excluding hydrogens is 275 g/mol. The third-order valence-corrected chi connectivity index (χ3v) is 5.71. The number of hydrogen-bond acceptors (Lipinski definition) is 4. The minimum atomic E-state index is -0.216. The fraction of sp³-hybridized carbons (Fsp3) is 0.357. The Balaban J connectivity index is 1.87. The van der Waals surface area contributed by atoms with Gasteiger partial charge < -0.3 is 4.74 Å². The summed E-state index contributed by atoms with van der Waals surface area (Å²) in [5, 5.41) is 0.372. The maximum Gasteiger partial charge on any atom is 0.337 e. The van der Waals surface area contributed by atoms with Crippen LogP contribution >= 0.6 is 23.5 Å². The van der Waals surface area contributed by atoms with Gasteiger partial charge in [-0.2, -0.15) is 11.8 Å². The normalized spacial score (nSPS) is 19.8. The van der Waals surface area contributed by atoms with Gasteiger partial charge in [0.05, 0.1) is 5.56 Å². The number of thioether (sulfide) groups is 2. The second-order valence-corrected chi connectivity index (χ2v) is 6.93. The second-order valence-electron chi connectivity index (χ2n) is 4.61. The third kappa shape index (κ3) is 4.35. The lowest BCUT2D eigenvalue weighted by Crippen LogP contribution is -2.22. The van der Waals surface area contributed by atoms with Crippen molar-refractivity contribution in [2.75, 3.05) is 23.9 Å². The fourth-order valence-electron chi connectivity index (χ4n) is 1.80. The molecule has 19 heavy (non-hydrogen) atoms. The van der Waals surface area contributed by atoms with Crippen molar-refractivity contribution in [2.24, 2.45) is 0 Å². The van der Waals surface area contributed by atoms with E-state index in [-0.39, 0.29) is 5.97 Å². The lowest BCUT2D eigenvalue weighted by molar-refractivity contribution is 0.0513. The van der Waals surface area contributed by atoms with E-state index in [2.05, 4.69) is 6.58 Å². The van der Waals surface area contributed by atoms with Gasteiger partial charge in [0.15, 0.2) is 0 Å². The second kappa shape index (κ2) is 7.10. The number of hydrogen-bond donors (Lipinski definition) is 0. The van der Waals surface area contributed by atoms with Crippen molar-refractivity contribution in [3.63, 3.8) is 0 Å². The lowest BCUT2D eigenvalue weighted by Gasteiger charge is -2.14. The Bertz CT molecular complexity index is 476. The van der Waals surface area contributed by atoms with Crippen LogP contribution < -0.4 is 5.46 Å². The molecule has 2 rings (SSSR count). The molecule has 0 saturated carbocycles. The van der Waals surface area contributed by atoms with Gasteiger partial charge in [0.1, 0.15) is 14.5 Å². The minimum Gasteiger partial charge on any atom is -0.461 e. The average molecular weight is 292 g/mol. The van der Waals surface area contributed by atoms with Gasteiger partial charge in [-0.15, -0.1) is 11.8 Å². The van der Waals surface area contributed by atoms with Gasteiger partial charge in [0.25, 0.3) is 0 Å². The third-order valence-electron chi connectivity index (χ3n) is 2.90. The molecule has 1 aliphatic heterocycles. The van der Waals surface area contributed by atoms with Crippen LogP contribution in [0.3, 0.4) is 0 Å². The van der Waals surface area contributed by atoms with Crippen LogP contribution in [-0.4, -0.2) is 42.9 Å². The molecule has 1 atom stereocenters. The van der Waals surface area contributed by atoms with Crippen molar-refractivity contribution in [3.05, 3.63) is 42.0 Å². The first-order chi connectivity index (χ1) is 9.16. The molecule has 0 radical (unpaired) electrons. The zero-order chi connectivity index (χ0) is 13.7. The lowest BCUT2D eigenvalue weighted by atomic mass is 9.91. The van der Waals surface area contributed by atoms with E-state index in [0.29, 0.717) is 17.4 Å². The maximum absolute atomic E-state index is 12.0. The Kier molecular flexibility index (Phi) is 5.46. The molecule has 0 spiro atoms. The van der Waals surface area contributed by atoms with Crippen LogP contribution in [-0.2, 0) is 4.74 Å². The Morgan fingerprint density at radius 1 is 1.42 bits per heavy atom. The predicted molar refractivity (Wildman–Crippen MR) is 87.6 cm³/mol. The summed E-state index contributed by atoms with van der Waals surface area (Å²) in [5.74, 6) is 2.80. The largest absolute Gasteiger partial charge is 0.461 e. The van der Waals surface area contributed by atoms with Crippen LogP contribution in [0.25, 0.3) is 0 Å². The van der Waals surface area contributed by atoms with E-state index in [1.54, 1.807) is 0 Å². The monoisotopic (exact) mass is 292 g/mol. The molecule has 0 aromatic heterocycles. The van der Waals surface area contributed by atoms with Gasteiger partial charge in [0, 0.05) is 22.5 Å². The minimum absolute atomic E-state index is 0.216. The Morgan fingerprint density at radius 3 is 3.00 bits per heavy atom. The van der Waals surface area contributed by atoms with Crippen molar-refractivity contribution in [3.8, 4) is 0 Å². The zero-order valence-corrected chi connectivity index (χ0v) is 12.7. The average Bonchev–Trinajstić information content (AvgIpc) is 2.61. The van der Waals surface area contributed by atoms with Crippen LogP contribution in [0.4, 0.5) is 0 Å². The first-order valence-electron chi connectivity index (χ1n) is 6.25. The summed E-state index contributed by atoms with van der Waals surface area (Å²) in [6.07, 6.45) is 0. The van der Waals surface area contributed by atoms with Crippen molar-refractivity contribution in [1.82, 2.24) is 0 Å². The van der Waals surface area contributed by atoms with Crippen molar-refractivity contribution < 1.29 is 9.53 Å². The van der Waals surface area contributed by atoms with Crippen LogP contribution in [0, 0.1) is 0 Å². The molecule has 5 heteroatoms. The van der Waals surface area contributed by atoms with Gasteiger partial charge >= 0.3 is 5.97 Å². The molecular formula is C14H17BO2S2. The molecule has 0 N–H and O–H groups in total. The number of carbonyl (C=O) groups excluding carboxylic acids is 1. The van der Waals surface area contributed by atoms with E-state index in [4.69, 9.17) is 4.74 Å². The highest BCUT2D eigenvalue weighted by Crippen LogP contribution is 2.25. The molecule has 0 bridgehead atoms. The number of rotatable bonds is 3. The molecule has 1 aromatic carbocycles. The Labute approximate surface area is 123 Å². The van der Waals surface area contributed by atoms with E-state index < -0.39 is 0 Å². The molecule has 1 saturated heterocycles. The van der Waals surface area contributed by atoms with E-state index in [1.165, 1.54) is 5.57 Å². The van der Waals surface area contributed by atoms with Gasteiger partial charge in [0.2, 0.25) is 0 Å². The summed E-state index contributed by atoms with van der Waals surface area (Å²) >= 11 is 3.71. The fourth-order valence-corrected chi connectivity index (χ4v) is 4.21. The topological polar surface area (TPSA) is 26.3 Å². The van der Waals surface area contributed by atoms with Crippen molar-refractivity contribution in [2.45, 2.75) is 5.25 Å². The molecule has 1 heterocycles. The molecule has 1 aromatic rings. The SMILES string of the molecule is Bc1ccccc1C(=O)OCC1CSCC(=C)CS1. The number of carbonyl (C=O) groups is 1. The van der Waals surface area contributed by atoms with Crippen LogP contribution in [0.15, 0.2) is 36.4 Å². The van der Waals surface area contributed by atoms with E-state index in [9.17, 15) is 4.79 Å². The molecule has 100 valence electrons. The summed E-state index contributed by atoms with van der Waals surface area (Å²) in [6.45, 7) is 4.50. The van der Waals surface area contributed by atoms with Crippen LogP contribution in [0.1, 0.15) is 10.4 Å². The number of ether oxygens (including phenoxy) is 1. The van der Waals surface area contributed by atoms with Gasteiger partial charge in [-0.3, -0.25) is 0 Å². The highest BCUT2D eigenvalue weighted by Gasteiger charge is 2.17. The number of esters is 1. The molecule has 1 fully saturated rings. The molecule has 2 nitrogen and oxygen atoms in total. The summed E-state index contributed by atoms with van der Waals surface area (Å²) in [6, 6.07) is 7.53. The van der Waals surface area contributed by atoms with Gasteiger partial charge in [-0.1, -0.05) is 35.8 Å². The molecule has 0 amide bonds. The standard InChI is InChI=1S/C14H17BO2S2/c1-10-7-18-9-11(19-8-10)6-17-14(16)12-4-2-3-5-13(12)15/h2-5,11H,1,6-9,15H2. The zero-order valence-electron chi connectivity index (χ0n) is 11.1. The molecule has 1 aliphatic rings. The van der Waals surface area contributed by atoms with E-state index in [1.807, 2.05) is 55.6 Å². The van der Waals surface area contributed by atoms with Gasteiger partial charge in [-0.05, 0) is 6.07 Å². The van der Waals surface area contributed by atoms with Crippen molar-refractivity contribution >= 4 is 42.8 Å². The summed E-state index contributed by atoms with van der Waals surface area (Å²) in [5.41, 5.74) is 2.89. The van der Waals surface area contributed by atoms with Crippen LogP contribution in [0.5, 0.6) is 0 Å². The quantitative estimate of drug-likeness (QED) is 0.479. The maximum atomic E-state index is 12.0. The number of benzene rings is 1. The highest BCUT2D eigenvalue weighted by molar-refractivity contribution is 8.04. The summed E-state index contributed by atoms with van der Waals surface area (Å²) < 4.78 is 5.44. The summed E-state index contributed by atoms with van der Waals surface area (Å²) in [7, 11) is 1.93. The molecule has 1 unspecified atom stereocenters. The smallest absolute Gasteiger partial charge is 0.337 e. The molecule has 0 aliphatic carbocycles. The summed E-state index contributed by atoms with van der Waals surface area (Å²) in [4.78, 5) is 12.0. The van der Waals surface area contributed by atoms with Crippen molar-refractivity contribution in [1.29, 1.82) is 0 Å². The van der Waals surface area contributed by atoms with Crippen LogP contribution in [0.2, 0.25) is 0 Å². The first kappa shape index (κ1) is 14.6. The highest BCUT2D eigenvalue weighted by atomic mass is 32.2. The first-order valence-corrected chi connectivity index (χ1v) is 8.46. The van der Waals surface area contributed by atoms with E-state index >= 15 is 0 Å². The van der Waals surface area contributed by atoms with E-state index in [0.717, 1.165) is 22.7 Å². The van der Waals surface area contributed by atoms with Gasteiger partial charge in [-0.25, -0.2) is 4.79 Å². The Hall–Kier alpha value is -0.805. The predicted octanol–water partition coefficient (Wildman–Crippen LogP) is 1.51. The Morgan fingerprint density at radius 2 is 2.21 bits per heavy atom.